The normalized spacial score (nSPS) is 16.4. The molecule has 0 amide bonds. The summed E-state index contributed by atoms with van der Waals surface area (Å²) in [5.41, 5.74) is -4.03. The molecule has 1 heterocycles. The van der Waals surface area contributed by atoms with Gasteiger partial charge in [-0.3, -0.25) is 0 Å². The van der Waals surface area contributed by atoms with Gasteiger partial charge in [0.1, 0.15) is 73.6 Å². The average Bonchev–Trinajstić information content (AvgIpc) is 3.22. The summed E-state index contributed by atoms with van der Waals surface area (Å²) < 4.78 is 53.3. The van der Waals surface area contributed by atoms with Crippen LogP contribution in [0.5, 0.6) is 0 Å². The number of carbonyl (C=O) groups is 6. The number of ether oxygens (including phenoxy) is 9. The number of esters is 6. The second-order valence-electron chi connectivity index (χ2n) is 16.9. The quantitative estimate of drug-likeness (QED) is 0.0644. The molecule has 0 radical (unpaired) electrons. The van der Waals surface area contributed by atoms with Crippen molar-refractivity contribution in [2.75, 3.05) is 0 Å². The molecule has 21 nitrogen and oxygen atoms in total. The van der Waals surface area contributed by atoms with Gasteiger partial charge < -0.3 is 42.6 Å². The molecule has 0 aliphatic heterocycles. The van der Waals surface area contributed by atoms with E-state index in [0.29, 0.717) is 13.7 Å². The monoisotopic (exact) mass is 975 g/mol. The zero-order valence-corrected chi connectivity index (χ0v) is 42.4. The second-order valence-corrected chi connectivity index (χ2v) is 16.9. The largest absolute Gasteiger partial charge is 0.456 e. The summed E-state index contributed by atoms with van der Waals surface area (Å²) in [7, 11) is 0. The molecule has 0 fully saturated rings. The number of hydrogen-bond donors (Lipinski definition) is 0. The fraction of sp³-hybridized carbons (Fsp3) is 0.562. The molecule has 0 aliphatic rings. The van der Waals surface area contributed by atoms with Crippen molar-refractivity contribution in [1.29, 1.82) is 0 Å². The van der Waals surface area contributed by atoms with E-state index in [1.54, 1.807) is 0 Å². The molecule has 0 saturated heterocycles. The molecule has 1 aromatic heterocycles. The van der Waals surface area contributed by atoms with Crippen LogP contribution in [-0.2, 0) is 71.4 Å². The first-order valence-electron chi connectivity index (χ1n) is 21.8. The summed E-state index contributed by atoms with van der Waals surface area (Å²) in [5.74, 6) is -5.12. The van der Waals surface area contributed by atoms with Crippen LogP contribution in [0.1, 0.15) is 123 Å². The van der Waals surface area contributed by atoms with Gasteiger partial charge in [0.25, 0.3) is 0 Å². The maximum atomic E-state index is 14.8. The van der Waals surface area contributed by atoms with Gasteiger partial charge in [0, 0.05) is 33.4 Å². The first-order valence-corrected chi connectivity index (χ1v) is 21.8. The molecular weight excluding hydrogens is 907 g/mol. The summed E-state index contributed by atoms with van der Waals surface area (Å²) >= 11 is 0. The van der Waals surface area contributed by atoms with E-state index in [4.69, 9.17) is 42.6 Å². The van der Waals surface area contributed by atoms with Gasteiger partial charge in [-0.25, -0.2) is 56.9 Å². The molecule has 0 N–H and O–H groups in total. The number of aromatic nitrogens is 3. The van der Waals surface area contributed by atoms with Crippen LogP contribution in [0.15, 0.2) is 87.3 Å². The van der Waals surface area contributed by atoms with E-state index < -0.39 is 127 Å². The fourth-order valence-corrected chi connectivity index (χ4v) is 6.22. The Bertz CT molecular complexity index is 1980. The minimum absolute atomic E-state index is 0.00541. The third kappa shape index (κ3) is 16.9. The van der Waals surface area contributed by atoms with Crippen molar-refractivity contribution in [2.45, 2.75) is 177 Å². The highest BCUT2D eigenvalue weighted by molar-refractivity contribution is 5.89. The molecular formula is C48H69N3O18. The van der Waals surface area contributed by atoms with Crippen molar-refractivity contribution in [2.24, 2.45) is 0 Å². The summed E-state index contributed by atoms with van der Waals surface area (Å²) in [5, 5.41) is 0. The molecule has 0 aromatic carbocycles. The standard InChI is InChI=1S/C48H69N3O18/c1-22(2)40(52)61-28(13)37(29(14)62-41(53)23(3)4)67-34(19)49-46(58)50(35(20)68-38(30(15)63-42(54)24(5)6)31(16)64-43(55)25(7)8)48(60)51(47(49)59)36(21)69-39(32(17)65-44(56)26(9)10)33(18)66-45(57)27(11)12/h28-39H,1,3,5,7,9,11H2,2,4,6,8,10,12-21H3. The van der Waals surface area contributed by atoms with Crippen molar-refractivity contribution >= 4 is 35.8 Å². The van der Waals surface area contributed by atoms with E-state index in [1.165, 1.54) is 104 Å². The summed E-state index contributed by atoms with van der Waals surface area (Å²) in [6.07, 6.45) is -16.9. The van der Waals surface area contributed by atoms with Crippen molar-refractivity contribution in [3.63, 3.8) is 0 Å². The first kappa shape index (κ1) is 60.6. The van der Waals surface area contributed by atoms with Crippen molar-refractivity contribution < 1.29 is 71.4 Å². The van der Waals surface area contributed by atoms with E-state index in [1.807, 2.05) is 0 Å². The van der Waals surface area contributed by atoms with Gasteiger partial charge in [0.15, 0.2) is 0 Å². The van der Waals surface area contributed by atoms with Gasteiger partial charge in [0.2, 0.25) is 0 Å². The number of rotatable bonds is 27. The van der Waals surface area contributed by atoms with Crippen LogP contribution >= 0.6 is 0 Å². The minimum Gasteiger partial charge on any atom is -0.456 e. The summed E-state index contributed by atoms with van der Waals surface area (Å²) in [4.78, 5) is 120. The third-order valence-electron chi connectivity index (χ3n) is 10.0. The van der Waals surface area contributed by atoms with E-state index >= 15 is 0 Å². The molecule has 0 saturated carbocycles. The van der Waals surface area contributed by atoms with Crippen LogP contribution in [0.25, 0.3) is 0 Å². The molecule has 9 unspecified atom stereocenters. The zero-order chi connectivity index (χ0) is 53.7. The Morgan fingerprint density at radius 3 is 0.565 bits per heavy atom. The molecule has 1 aromatic rings. The molecule has 0 aliphatic carbocycles. The Balaban J connectivity index is 4.41. The number of nitrogens with zero attached hydrogens (tertiary/aromatic N) is 3. The van der Waals surface area contributed by atoms with Gasteiger partial charge >= 0.3 is 52.9 Å². The van der Waals surface area contributed by atoms with Gasteiger partial charge in [-0.1, -0.05) is 39.5 Å². The molecule has 0 bridgehead atoms. The number of hydrogen-bond acceptors (Lipinski definition) is 18. The smallest absolute Gasteiger partial charge is 0.340 e. The average molecular weight is 976 g/mol. The molecule has 9 atom stereocenters. The predicted molar refractivity (Wildman–Crippen MR) is 250 cm³/mol. The predicted octanol–water partition coefficient (Wildman–Crippen LogP) is 4.93. The van der Waals surface area contributed by atoms with Crippen LogP contribution in [0.4, 0.5) is 0 Å². The second kappa shape index (κ2) is 26.3. The van der Waals surface area contributed by atoms with Crippen LogP contribution in [-0.4, -0.2) is 104 Å². The SMILES string of the molecule is C=C(C)C(=O)OC(C)C(OC(C)n1c(=O)n(C(C)OC(C(C)OC(=O)C(=C)C)C(C)OC(=O)C(=C)C)c(=O)n(C(C)OC(C(C)OC(=O)C(=C)C)C(C)OC(=O)C(=C)C)c1=O)C(C)OC(=O)C(=C)C. The lowest BCUT2D eigenvalue weighted by atomic mass is 10.1. The summed E-state index contributed by atoms with van der Waals surface area (Å²) in [6, 6.07) is 0. The zero-order valence-electron chi connectivity index (χ0n) is 42.4. The highest BCUT2D eigenvalue weighted by Crippen LogP contribution is 2.24. The van der Waals surface area contributed by atoms with Crippen LogP contribution in [0, 0.1) is 0 Å². The van der Waals surface area contributed by atoms with Gasteiger partial charge in [-0.05, 0) is 104 Å². The van der Waals surface area contributed by atoms with E-state index in [2.05, 4.69) is 39.5 Å². The fourth-order valence-electron chi connectivity index (χ4n) is 6.22. The Hall–Kier alpha value is -6.45. The van der Waals surface area contributed by atoms with Crippen LogP contribution in [0.3, 0.4) is 0 Å². The van der Waals surface area contributed by atoms with Crippen LogP contribution < -0.4 is 17.1 Å². The Morgan fingerprint density at radius 1 is 0.319 bits per heavy atom. The Kier molecular flexibility index (Phi) is 23.1. The molecule has 384 valence electrons. The van der Waals surface area contributed by atoms with Crippen LogP contribution in [0.2, 0.25) is 0 Å². The third-order valence-corrected chi connectivity index (χ3v) is 10.0. The lowest BCUT2D eigenvalue weighted by Crippen LogP contribution is -2.59. The highest BCUT2D eigenvalue weighted by Gasteiger charge is 2.39. The lowest BCUT2D eigenvalue weighted by molar-refractivity contribution is -0.186. The van der Waals surface area contributed by atoms with Gasteiger partial charge in [-0.15, -0.1) is 0 Å². The van der Waals surface area contributed by atoms with Crippen molar-refractivity contribution in [3.8, 4) is 0 Å². The molecule has 0 spiro atoms. The van der Waals surface area contributed by atoms with Crippen molar-refractivity contribution in [3.05, 3.63) is 104 Å². The van der Waals surface area contributed by atoms with E-state index in [0.717, 1.165) is 0 Å². The number of carbonyl (C=O) groups excluding carboxylic acids is 6. The maximum Gasteiger partial charge on any atom is 0.340 e. The molecule has 1 rings (SSSR count). The van der Waals surface area contributed by atoms with Gasteiger partial charge in [0.05, 0.1) is 0 Å². The Labute approximate surface area is 401 Å². The lowest BCUT2D eigenvalue weighted by Gasteiger charge is -2.34. The van der Waals surface area contributed by atoms with Gasteiger partial charge in [-0.2, -0.15) is 0 Å². The topological polar surface area (TPSA) is 251 Å². The minimum atomic E-state index is -1.71. The highest BCUT2D eigenvalue weighted by atomic mass is 16.6. The molecule has 69 heavy (non-hydrogen) atoms. The first-order chi connectivity index (χ1) is 31.7. The molecule has 21 heteroatoms. The summed E-state index contributed by atoms with van der Waals surface area (Å²) in [6.45, 7) is 41.8. The maximum absolute atomic E-state index is 14.8. The Morgan fingerprint density at radius 2 is 0.449 bits per heavy atom. The van der Waals surface area contributed by atoms with E-state index in [9.17, 15) is 43.2 Å². The van der Waals surface area contributed by atoms with Crippen molar-refractivity contribution in [1.82, 2.24) is 13.7 Å². The van der Waals surface area contributed by atoms with E-state index in [-0.39, 0.29) is 33.4 Å².